The average Bonchev–Trinajstić information content (AvgIpc) is 2.41. The van der Waals surface area contributed by atoms with Crippen LogP contribution in [0.4, 0.5) is 0 Å². The van der Waals surface area contributed by atoms with Crippen LogP contribution in [0.2, 0.25) is 0 Å². The highest BCUT2D eigenvalue weighted by molar-refractivity contribution is 7.99. The number of thioether (sulfide) groups is 1. The van der Waals surface area contributed by atoms with Crippen LogP contribution < -0.4 is 4.74 Å². The van der Waals surface area contributed by atoms with E-state index in [9.17, 15) is 5.11 Å². The standard InChI is InChI=1S/C15H23NO2S/c1-16(2)10-13-11-19-8-7-15(13,17)12-5-4-6-14(9-12)18-3/h4-6,9,13,17H,7-8,10-11H2,1-3H3/t13-,15-/m1/s1. The summed E-state index contributed by atoms with van der Waals surface area (Å²) in [6, 6.07) is 7.87. The molecular formula is C15H23NO2S. The molecule has 0 saturated carbocycles. The van der Waals surface area contributed by atoms with E-state index >= 15 is 0 Å². The highest BCUT2D eigenvalue weighted by Crippen LogP contribution is 2.41. The van der Waals surface area contributed by atoms with Crippen molar-refractivity contribution in [1.82, 2.24) is 4.90 Å². The molecule has 4 heteroatoms. The zero-order valence-electron chi connectivity index (χ0n) is 11.9. The summed E-state index contributed by atoms with van der Waals surface area (Å²) in [6.07, 6.45) is 0.809. The summed E-state index contributed by atoms with van der Waals surface area (Å²) in [5.41, 5.74) is 0.253. The van der Waals surface area contributed by atoms with Crippen LogP contribution in [0.1, 0.15) is 12.0 Å². The van der Waals surface area contributed by atoms with Crippen molar-refractivity contribution in [2.75, 3.05) is 39.3 Å². The Labute approximate surface area is 120 Å². The largest absolute Gasteiger partial charge is 0.497 e. The summed E-state index contributed by atoms with van der Waals surface area (Å²) in [5, 5.41) is 11.2. The number of methoxy groups -OCH3 is 1. The molecule has 0 unspecified atom stereocenters. The van der Waals surface area contributed by atoms with E-state index in [0.717, 1.165) is 35.8 Å². The fourth-order valence-electron chi connectivity index (χ4n) is 2.71. The molecule has 1 fully saturated rings. The zero-order valence-corrected chi connectivity index (χ0v) is 12.7. The molecule has 1 aliphatic heterocycles. The van der Waals surface area contributed by atoms with Gasteiger partial charge < -0.3 is 14.7 Å². The van der Waals surface area contributed by atoms with Gasteiger partial charge in [0, 0.05) is 18.2 Å². The fourth-order valence-corrected chi connectivity index (χ4v) is 4.00. The minimum Gasteiger partial charge on any atom is -0.497 e. The molecule has 19 heavy (non-hydrogen) atoms. The Bertz CT molecular complexity index is 424. The number of ether oxygens (including phenoxy) is 1. The van der Waals surface area contributed by atoms with E-state index < -0.39 is 5.60 Å². The SMILES string of the molecule is COc1cccc([C@]2(O)CCSC[C@H]2CN(C)C)c1. The Morgan fingerprint density at radius 1 is 1.47 bits per heavy atom. The Morgan fingerprint density at radius 3 is 2.95 bits per heavy atom. The minimum atomic E-state index is -0.732. The van der Waals surface area contributed by atoms with E-state index in [1.165, 1.54) is 0 Å². The molecule has 1 aromatic carbocycles. The summed E-state index contributed by atoms with van der Waals surface area (Å²) in [5.74, 6) is 3.09. The van der Waals surface area contributed by atoms with Crippen molar-refractivity contribution in [2.45, 2.75) is 12.0 Å². The average molecular weight is 281 g/mol. The second kappa shape index (κ2) is 6.16. The molecule has 1 saturated heterocycles. The third-order valence-electron chi connectivity index (χ3n) is 3.78. The van der Waals surface area contributed by atoms with Crippen molar-refractivity contribution >= 4 is 11.8 Å². The van der Waals surface area contributed by atoms with Crippen LogP contribution in [-0.4, -0.2) is 49.3 Å². The van der Waals surface area contributed by atoms with Crippen molar-refractivity contribution in [3.8, 4) is 5.75 Å². The van der Waals surface area contributed by atoms with Gasteiger partial charge in [0.15, 0.2) is 0 Å². The van der Waals surface area contributed by atoms with E-state index in [1.807, 2.05) is 36.0 Å². The molecule has 1 aromatic rings. The molecule has 0 radical (unpaired) electrons. The predicted molar refractivity (Wildman–Crippen MR) is 80.9 cm³/mol. The molecule has 106 valence electrons. The van der Waals surface area contributed by atoms with Gasteiger partial charge in [0.05, 0.1) is 12.7 Å². The van der Waals surface area contributed by atoms with Crippen LogP contribution in [-0.2, 0) is 5.60 Å². The molecule has 1 N–H and O–H groups in total. The molecular weight excluding hydrogens is 258 g/mol. The van der Waals surface area contributed by atoms with Gasteiger partial charge in [-0.05, 0) is 44.0 Å². The molecule has 0 amide bonds. The monoisotopic (exact) mass is 281 g/mol. The number of aliphatic hydroxyl groups is 1. The maximum Gasteiger partial charge on any atom is 0.119 e. The van der Waals surface area contributed by atoms with Crippen LogP contribution in [0.3, 0.4) is 0 Å². The highest BCUT2D eigenvalue weighted by Gasteiger charge is 2.41. The lowest BCUT2D eigenvalue weighted by Crippen LogP contribution is -2.45. The second-order valence-corrected chi connectivity index (χ2v) is 6.59. The van der Waals surface area contributed by atoms with Crippen LogP contribution >= 0.6 is 11.8 Å². The molecule has 3 nitrogen and oxygen atoms in total. The molecule has 0 aliphatic carbocycles. The van der Waals surface area contributed by atoms with Crippen molar-refractivity contribution < 1.29 is 9.84 Å². The number of hydrogen-bond acceptors (Lipinski definition) is 4. The van der Waals surface area contributed by atoms with Gasteiger partial charge in [0.2, 0.25) is 0 Å². The number of benzene rings is 1. The highest BCUT2D eigenvalue weighted by atomic mass is 32.2. The summed E-state index contributed by atoms with van der Waals surface area (Å²) >= 11 is 1.93. The van der Waals surface area contributed by atoms with Gasteiger partial charge in [-0.25, -0.2) is 0 Å². The van der Waals surface area contributed by atoms with Crippen molar-refractivity contribution in [2.24, 2.45) is 5.92 Å². The lowest BCUT2D eigenvalue weighted by Gasteiger charge is -2.41. The first-order valence-corrected chi connectivity index (χ1v) is 7.81. The van der Waals surface area contributed by atoms with Crippen LogP contribution in [0, 0.1) is 5.92 Å². The quantitative estimate of drug-likeness (QED) is 0.917. The van der Waals surface area contributed by atoms with E-state index in [1.54, 1.807) is 7.11 Å². The van der Waals surface area contributed by atoms with Gasteiger partial charge in [-0.15, -0.1) is 0 Å². The van der Waals surface area contributed by atoms with Gasteiger partial charge >= 0.3 is 0 Å². The number of nitrogens with zero attached hydrogens (tertiary/aromatic N) is 1. The second-order valence-electron chi connectivity index (χ2n) is 5.44. The molecule has 0 spiro atoms. The van der Waals surface area contributed by atoms with Crippen molar-refractivity contribution in [3.63, 3.8) is 0 Å². The fraction of sp³-hybridized carbons (Fsp3) is 0.600. The molecule has 2 rings (SSSR count). The van der Waals surface area contributed by atoms with E-state index in [2.05, 4.69) is 19.0 Å². The van der Waals surface area contributed by atoms with Gasteiger partial charge in [0.1, 0.15) is 5.75 Å². The topological polar surface area (TPSA) is 32.7 Å². The summed E-state index contributed by atoms with van der Waals surface area (Å²) < 4.78 is 5.28. The number of rotatable bonds is 4. The Balaban J connectivity index is 2.30. The van der Waals surface area contributed by atoms with Crippen LogP contribution in [0.25, 0.3) is 0 Å². The molecule has 1 aliphatic rings. The molecule has 1 heterocycles. The first-order valence-electron chi connectivity index (χ1n) is 6.65. The van der Waals surface area contributed by atoms with Gasteiger partial charge in [-0.2, -0.15) is 11.8 Å². The van der Waals surface area contributed by atoms with Crippen molar-refractivity contribution in [1.29, 1.82) is 0 Å². The molecule has 2 atom stereocenters. The van der Waals surface area contributed by atoms with Gasteiger partial charge in [-0.1, -0.05) is 12.1 Å². The third kappa shape index (κ3) is 3.25. The molecule has 0 aromatic heterocycles. The Hall–Kier alpha value is -0.710. The van der Waals surface area contributed by atoms with Gasteiger partial charge in [0.25, 0.3) is 0 Å². The normalized spacial score (nSPS) is 27.5. The third-order valence-corrected chi connectivity index (χ3v) is 4.91. The maximum absolute atomic E-state index is 11.2. The van der Waals surface area contributed by atoms with E-state index in [-0.39, 0.29) is 5.92 Å². The smallest absolute Gasteiger partial charge is 0.119 e. The van der Waals surface area contributed by atoms with Crippen LogP contribution in [0.5, 0.6) is 5.75 Å². The minimum absolute atomic E-state index is 0.258. The zero-order chi connectivity index (χ0) is 13.9. The Morgan fingerprint density at radius 2 is 2.26 bits per heavy atom. The maximum atomic E-state index is 11.2. The first-order chi connectivity index (χ1) is 9.06. The lowest BCUT2D eigenvalue weighted by atomic mass is 9.79. The van der Waals surface area contributed by atoms with E-state index in [4.69, 9.17) is 4.74 Å². The van der Waals surface area contributed by atoms with Gasteiger partial charge in [-0.3, -0.25) is 0 Å². The van der Waals surface area contributed by atoms with E-state index in [0.29, 0.717) is 0 Å². The summed E-state index contributed by atoms with van der Waals surface area (Å²) in [4.78, 5) is 2.15. The Kier molecular flexibility index (Phi) is 4.76. The first kappa shape index (κ1) is 14.7. The summed E-state index contributed by atoms with van der Waals surface area (Å²) in [7, 11) is 5.79. The van der Waals surface area contributed by atoms with Crippen molar-refractivity contribution in [3.05, 3.63) is 29.8 Å². The summed E-state index contributed by atoms with van der Waals surface area (Å²) in [6.45, 7) is 0.903. The lowest BCUT2D eigenvalue weighted by molar-refractivity contribution is -0.0294. The van der Waals surface area contributed by atoms with Crippen LogP contribution in [0.15, 0.2) is 24.3 Å². The predicted octanol–water partition coefficient (Wildman–Crippen LogP) is 2.20. The molecule has 0 bridgehead atoms. The number of hydrogen-bond donors (Lipinski definition) is 1.